The average molecular weight is 370 g/mol. The molecule has 0 aliphatic carbocycles. The highest BCUT2D eigenvalue weighted by Crippen LogP contribution is 2.16. The molecule has 10 nitrogen and oxygen atoms in total. The number of H-pyrrole nitrogens is 1. The molecule has 10 heteroatoms. The van der Waals surface area contributed by atoms with Crippen molar-refractivity contribution in [2.45, 2.75) is 6.04 Å². The summed E-state index contributed by atoms with van der Waals surface area (Å²) in [4.78, 5) is 41.2. The van der Waals surface area contributed by atoms with E-state index in [4.69, 9.17) is 0 Å². The second kappa shape index (κ2) is 8.41. The summed E-state index contributed by atoms with van der Waals surface area (Å²) >= 11 is 0. The van der Waals surface area contributed by atoms with Crippen molar-refractivity contribution < 1.29 is 4.79 Å². The van der Waals surface area contributed by atoms with Gasteiger partial charge in [-0.2, -0.15) is 0 Å². The van der Waals surface area contributed by atoms with Gasteiger partial charge < -0.3 is 25.8 Å². The van der Waals surface area contributed by atoms with Gasteiger partial charge in [-0.05, 0) is 7.05 Å². The molecule has 1 aliphatic rings. The SMILES string of the molecule is CNC/C=C/C(=O)N1CC(Nc2nc(-c3cncc(NC)n3)c[nH]c2=O)C1. The first-order valence-corrected chi connectivity index (χ1v) is 8.57. The smallest absolute Gasteiger partial charge is 0.290 e. The van der Waals surface area contributed by atoms with Crippen LogP contribution in [0.4, 0.5) is 11.6 Å². The molecule has 1 saturated heterocycles. The summed E-state index contributed by atoms with van der Waals surface area (Å²) in [7, 11) is 3.57. The maximum atomic E-state index is 12.1. The van der Waals surface area contributed by atoms with E-state index in [0.717, 1.165) is 0 Å². The van der Waals surface area contributed by atoms with E-state index in [2.05, 4.69) is 35.9 Å². The van der Waals surface area contributed by atoms with Gasteiger partial charge in [-0.15, -0.1) is 0 Å². The minimum Gasteiger partial charge on any atom is -0.372 e. The van der Waals surface area contributed by atoms with Gasteiger partial charge in [-0.1, -0.05) is 6.08 Å². The summed E-state index contributed by atoms with van der Waals surface area (Å²) in [6.45, 7) is 1.68. The molecule has 0 unspecified atom stereocenters. The van der Waals surface area contributed by atoms with Crippen molar-refractivity contribution in [2.24, 2.45) is 0 Å². The van der Waals surface area contributed by atoms with Gasteiger partial charge in [0.25, 0.3) is 5.56 Å². The molecule has 0 bridgehead atoms. The quantitative estimate of drug-likeness (QED) is 0.488. The largest absolute Gasteiger partial charge is 0.372 e. The Kier molecular flexibility index (Phi) is 5.77. The van der Waals surface area contributed by atoms with Gasteiger partial charge in [-0.25, -0.2) is 9.97 Å². The van der Waals surface area contributed by atoms with Crippen LogP contribution in [-0.4, -0.2) is 70.5 Å². The molecule has 0 spiro atoms. The Morgan fingerprint density at radius 3 is 2.85 bits per heavy atom. The van der Waals surface area contributed by atoms with Crippen LogP contribution in [-0.2, 0) is 4.79 Å². The van der Waals surface area contributed by atoms with E-state index in [1.807, 2.05) is 7.05 Å². The lowest BCUT2D eigenvalue weighted by Crippen LogP contribution is -2.57. The summed E-state index contributed by atoms with van der Waals surface area (Å²) in [5.74, 6) is 0.763. The molecule has 2 aromatic rings. The van der Waals surface area contributed by atoms with E-state index in [0.29, 0.717) is 36.8 Å². The Morgan fingerprint density at radius 1 is 1.30 bits per heavy atom. The number of likely N-dealkylation sites (tertiary alicyclic amines) is 1. The molecular weight excluding hydrogens is 348 g/mol. The van der Waals surface area contributed by atoms with Crippen molar-refractivity contribution >= 4 is 17.5 Å². The number of anilines is 2. The van der Waals surface area contributed by atoms with Gasteiger partial charge in [-0.3, -0.25) is 14.6 Å². The molecule has 0 radical (unpaired) electrons. The van der Waals surface area contributed by atoms with Gasteiger partial charge >= 0.3 is 0 Å². The molecule has 1 aliphatic heterocycles. The number of aromatic nitrogens is 4. The number of nitrogens with one attached hydrogen (secondary N) is 4. The molecule has 3 rings (SSSR count). The summed E-state index contributed by atoms with van der Waals surface area (Å²) in [5.41, 5.74) is 0.723. The van der Waals surface area contributed by atoms with Crippen LogP contribution in [0.25, 0.3) is 11.4 Å². The summed E-state index contributed by atoms with van der Waals surface area (Å²) in [6, 6.07) is -0.0229. The Morgan fingerprint density at radius 2 is 2.11 bits per heavy atom. The monoisotopic (exact) mass is 370 g/mol. The summed E-state index contributed by atoms with van der Waals surface area (Å²) in [5, 5.41) is 8.94. The molecule has 0 atom stereocenters. The third kappa shape index (κ3) is 4.47. The van der Waals surface area contributed by atoms with Gasteiger partial charge in [0.2, 0.25) is 5.91 Å². The fourth-order valence-corrected chi connectivity index (χ4v) is 2.57. The summed E-state index contributed by atoms with van der Waals surface area (Å²) < 4.78 is 0. The highest BCUT2D eigenvalue weighted by molar-refractivity contribution is 5.88. The highest BCUT2D eigenvalue weighted by atomic mass is 16.2. The summed E-state index contributed by atoms with van der Waals surface area (Å²) in [6.07, 6.45) is 8.00. The number of aromatic amines is 1. The van der Waals surface area contributed by atoms with Crippen LogP contribution in [0, 0.1) is 0 Å². The first kappa shape index (κ1) is 18.5. The van der Waals surface area contributed by atoms with E-state index in [1.165, 1.54) is 6.20 Å². The van der Waals surface area contributed by atoms with Crippen molar-refractivity contribution in [3.63, 3.8) is 0 Å². The van der Waals surface area contributed by atoms with Crippen LogP contribution < -0.4 is 21.5 Å². The van der Waals surface area contributed by atoms with Crippen LogP contribution in [0.15, 0.2) is 35.5 Å². The van der Waals surface area contributed by atoms with Crippen LogP contribution in [0.1, 0.15) is 0 Å². The van der Waals surface area contributed by atoms with Gasteiger partial charge in [0, 0.05) is 39.0 Å². The zero-order chi connectivity index (χ0) is 19.2. The van der Waals surface area contributed by atoms with Crippen molar-refractivity contribution in [1.29, 1.82) is 0 Å². The Labute approximate surface area is 156 Å². The minimum absolute atomic E-state index is 0.0229. The van der Waals surface area contributed by atoms with Crippen LogP contribution in [0.5, 0.6) is 0 Å². The molecular formula is C17H22N8O2. The molecule has 142 valence electrons. The minimum atomic E-state index is -0.324. The van der Waals surface area contributed by atoms with Crippen LogP contribution >= 0.6 is 0 Å². The number of amides is 1. The van der Waals surface area contributed by atoms with Crippen LogP contribution in [0.2, 0.25) is 0 Å². The fourth-order valence-electron chi connectivity index (χ4n) is 2.57. The second-order valence-corrected chi connectivity index (χ2v) is 6.05. The molecule has 0 saturated carbocycles. The Bertz CT molecular complexity index is 888. The van der Waals surface area contributed by atoms with E-state index in [-0.39, 0.29) is 23.3 Å². The topological polar surface area (TPSA) is 128 Å². The van der Waals surface area contributed by atoms with Crippen LogP contribution in [0.3, 0.4) is 0 Å². The van der Waals surface area contributed by atoms with Crippen molar-refractivity contribution in [1.82, 2.24) is 30.2 Å². The number of hydrogen-bond donors (Lipinski definition) is 4. The van der Waals surface area contributed by atoms with Gasteiger partial charge in [0.1, 0.15) is 17.2 Å². The van der Waals surface area contributed by atoms with E-state index >= 15 is 0 Å². The predicted octanol–water partition coefficient (Wildman–Crippen LogP) is -0.333. The van der Waals surface area contributed by atoms with Crippen molar-refractivity contribution in [3.8, 4) is 11.4 Å². The number of likely N-dealkylation sites (N-methyl/N-ethyl adjacent to an activating group) is 1. The first-order chi connectivity index (χ1) is 13.1. The molecule has 0 aromatic carbocycles. The van der Waals surface area contributed by atoms with Gasteiger partial charge in [0.15, 0.2) is 5.82 Å². The second-order valence-electron chi connectivity index (χ2n) is 6.05. The molecule has 27 heavy (non-hydrogen) atoms. The lowest BCUT2D eigenvalue weighted by Gasteiger charge is -2.39. The standard InChI is InChI=1S/C17H22N8O2/c1-18-5-3-4-15(26)25-9-11(10-25)22-16-17(27)21-7-13(24-16)12-6-20-8-14(19-2)23-12/h3-4,6-8,11,18H,5,9-10H2,1-2H3,(H,19,23)(H,21,27)(H,22,24)/b4-3+. The van der Waals surface area contributed by atoms with E-state index in [1.54, 1.807) is 36.5 Å². The zero-order valence-electron chi connectivity index (χ0n) is 15.2. The molecule has 2 aromatic heterocycles. The number of hydrogen-bond acceptors (Lipinski definition) is 8. The lowest BCUT2D eigenvalue weighted by molar-refractivity contribution is -0.129. The zero-order valence-corrected chi connectivity index (χ0v) is 15.2. The number of rotatable bonds is 7. The van der Waals surface area contributed by atoms with Crippen molar-refractivity contribution in [2.75, 3.05) is 44.4 Å². The lowest BCUT2D eigenvalue weighted by atomic mass is 10.1. The van der Waals surface area contributed by atoms with Gasteiger partial charge in [0.05, 0.1) is 18.4 Å². The maximum Gasteiger partial charge on any atom is 0.290 e. The Hall–Kier alpha value is -3.27. The maximum absolute atomic E-state index is 12.1. The Balaban J connectivity index is 1.65. The van der Waals surface area contributed by atoms with E-state index in [9.17, 15) is 9.59 Å². The molecule has 1 fully saturated rings. The third-order valence-corrected chi connectivity index (χ3v) is 4.06. The normalized spacial score (nSPS) is 14.2. The third-order valence-electron chi connectivity index (χ3n) is 4.06. The fraction of sp³-hybridized carbons (Fsp3) is 0.353. The average Bonchev–Trinajstić information content (AvgIpc) is 2.65. The number of carbonyl (C=O) groups is 1. The number of carbonyl (C=O) groups excluding carboxylic acids is 1. The van der Waals surface area contributed by atoms with Crippen molar-refractivity contribution in [3.05, 3.63) is 41.1 Å². The molecule has 3 heterocycles. The van der Waals surface area contributed by atoms with E-state index < -0.39 is 0 Å². The highest BCUT2D eigenvalue weighted by Gasteiger charge is 2.30. The molecule has 1 amide bonds. The predicted molar refractivity (Wildman–Crippen MR) is 102 cm³/mol. The first-order valence-electron chi connectivity index (χ1n) is 8.57. The number of nitrogens with zero attached hydrogens (tertiary/aromatic N) is 4. The molecule has 4 N–H and O–H groups in total.